The van der Waals surface area contributed by atoms with Gasteiger partial charge in [-0.15, -0.1) is 0 Å². The summed E-state index contributed by atoms with van der Waals surface area (Å²) >= 11 is 0. The molecule has 6 aromatic rings. The van der Waals surface area contributed by atoms with Crippen molar-refractivity contribution in [2.24, 2.45) is 5.92 Å². The van der Waals surface area contributed by atoms with Crippen molar-refractivity contribution in [3.63, 3.8) is 0 Å². The number of aromatic nitrogens is 9. The fourth-order valence-electron chi connectivity index (χ4n) is 4.27. The Morgan fingerprint density at radius 2 is 1.92 bits per heavy atom. The number of fused-ring (bicyclic) bond motifs is 2. The second kappa shape index (κ2) is 7.80. The summed E-state index contributed by atoms with van der Waals surface area (Å²) in [5.74, 6) is 0.794. The first-order valence-corrected chi connectivity index (χ1v) is 11.6. The number of nitrogens with zero attached hydrogens (tertiary/aromatic N) is 7. The van der Waals surface area contributed by atoms with Crippen LogP contribution in [0.1, 0.15) is 18.5 Å². The molecule has 0 aromatic carbocycles. The number of rotatable bonds is 5. The number of carbonyl (C=O) groups is 1. The minimum atomic E-state index is 0.0456. The van der Waals surface area contributed by atoms with Gasteiger partial charge in [-0.2, -0.15) is 5.10 Å². The first kappa shape index (κ1) is 20.4. The van der Waals surface area contributed by atoms with E-state index in [9.17, 15) is 4.79 Å². The zero-order chi connectivity index (χ0) is 24.2. The number of hydrogen-bond donors (Lipinski definition) is 3. The van der Waals surface area contributed by atoms with Gasteiger partial charge in [-0.25, -0.2) is 15.0 Å². The van der Waals surface area contributed by atoms with Crippen molar-refractivity contribution in [2.75, 3.05) is 5.32 Å². The van der Waals surface area contributed by atoms with E-state index in [1.165, 1.54) is 0 Å². The van der Waals surface area contributed by atoms with Crippen molar-refractivity contribution < 1.29 is 4.79 Å². The van der Waals surface area contributed by atoms with Gasteiger partial charge in [0.2, 0.25) is 5.91 Å². The van der Waals surface area contributed by atoms with Crippen LogP contribution in [-0.2, 0) is 4.79 Å². The lowest BCUT2D eigenvalue weighted by Crippen LogP contribution is -2.13. The number of amides is 1. The summed E-state index contributed by atoms with van der Waals surface area (Å²) in [7, 11) is 0. The van der Waals surface area contributed by atoms with Gasteiger partial charge in [0.15, 0.2) is 11.5 Å². The maximum Gasteiger partial charge on any atom is 0.227 e. The molecule has 3 N–H and O–H groups in total. The Hall–Kier alpha value is -4.93. The largest absolute Gasteiger partial charge is 0.335 e. The highest BCUT2D eigenvalue weighted by Gasteiger charge is 2.29. The molecule has 1 amide bonds. The number of carbonyl (C=O) groups excluding carboxylic acids is 1. The Kier molecular flexibility index (Phi) is 4.43. The van der Waals surface area contributed by atoms with Crippen LogP contribution in [0.5, 0.6) is 0 Å². The minimum Gasteiger partial charge on any atom is -0.335 e. The zero-order valence-electron chi connectivity index (χ0n) is 19.2. The van der Waals surface area contributed by atoms with Crippen molar-refractivity contribution in [2.45, 2.75) is 19.8 Å². The second-order valence-electron chi connectivity index (χ2n) is 8.98. The lowest BCUT2D eigenvalue weighted by molar-refractivity contribution is -0.117. The number of pyridine rings is 3. The lowest BCUT2D eigenvalue weighted by atomic mass is 10.1. The number of H-pyrrole nitrogens is 2. The molecular formula is C25H20N10O. The summed E-state index contributed by atoms with van der Waals surface area (Å²) in [6, 6.07) is 3.90. The Balaban J connectivity index is 1.28. The van der Waals surface area contributed by atoms with Gasteiger partial charge in [0.05, 0.1) is 52.9 Å². The average molecular weight is 477 g/mol. The van der Waals surface area contributed by atoms with Crippen LogP contribution in [-0.4, -0.2) is 50.6 Å². The highest BCUT2D eigenvalue weighted by Crippen LogP contribution is 2.32. The van der Waals surface area contributed by atoms with E-state index in [4.69, 9.17) is 4.98 Å². The van der Waals surface area contributed by atoms with Crippen LogP contribution in [0.4, 0.5) is 5.69 Å². The van der Waals surface area contributed by atoms with E-state index in [0.717, 1.165) is 57.5 Å². The molecular weight excluding hydrogens is 456 g/mol. The zero-order valence-corrected chi connectivity index (χ0v) is 19.2. The third-order valence-electron chi connectivity index (χ3n) is 6.30. The van der Waals surface area contributed by atoms with Crippen molar-refractivity contribution in [1.82, 2.24) is 44.7 Å². The molecule has 0 atom stereocenters. The number of hydrogen-bond acceptors (Lipinski definition) is 7. The Morgan fingerprint density at radius 3 is 2.75 bits per heavy atom. The van der Waals surface area contributed by atoms with E-state index in [2.05, 4.69) is 40.4 Å². The van der Waals surface area contributed by atoms with Crippen LogP contribution in [0.15, 0.2) is 55.6 Å². The molecule has 6 heterocycles. The van der Waals surface area contributed by atoms with Gasteiger partial charge < -0.3 is 14.9 Å². The third kappa shape index (κ3) is 3.49. The lowest BCUT2D eigenvalue weighted by Gasteiger charge is -2.06. The number of anilines is 1. The van der Waals surface area contributed by atoms with Gasteiger partial charge in [-0.05, 0) is 31.9 Å². The number of aromatic amines is 2. The second-order valence-corrected chi connectivity index (χ2v) is 8.98. The van der Waals surface area contributed by atoms with Gasteiger partial charge >= 0.3 is 0 Å². The minimum absolute atomic E-state index is 0.0456. The molecule has 6 aromatic heterocycles. The third-order valence-corrected chi connectivity index (χ3v) is 6.30. The quantitative estimate of drug-likeness (QED) is 0.343. The van der Waals surface area contributed by atoms with E-state index in [1.807, 2.05) is 29.8 Å². The summed E-state index contributed by atoms with van der Waals surface area (Å²) in [5.41, 5.74) is 6.96. The Morgan fingerprint density at radius 1 is 1.06 bits per heavy atom. The van der Waals surface area contributed by atoms with Crippen LogP contribution < -0.4 is 5.32 Å². The van der Waals surface area contributed by atoms with Crippen LogP contribution in [0.2, 0.25) is 0 Å². The highest BCUT2D eigenvalue weighted by atomic mass is 16.2. The van der Waals surface area contributed by atoms with Gasteiger partial charge in [0.25, 0.3) is 0 Å². The molecule has 1 fully saturated rings. The van der Waals surface area contributed by atoms with Crippen molar-refractivity contribution in [3.8, 4) is 28.3 Å². The molecule has 0 saturated heterocycles. The van der Waals surface area contributed by atoms with E-state index in [-0.39, 0.29) is 11.8 Å². The summed E-state index contributed by atoms with van der Waals surface area (Å²) in [5, 5.41) is 11.2. The highest BCUT2D eigenvalue weighted by molar-refractivity contribution is 5.96. The SMILES string of the molecule is Cc1cn(-c2cncc3[nH]c(-c4[nH]nc5ncc(-c6cncc(NC(=O)C7CC7)c6)cc45)nc23)cn1. The number of imidazole rings is 2. The van der Waals surface area contributed by atoms with Crippen LogP contribution in [0.25, 0.3) is 50.4 Å². The maximum atomic E-state index is 12.2. The molecule has 1 aliphatic carbocycles. The molecule has 176 valence electrons. The van der Waals surface area contributed by atoms with E-state index in [0.29, 0.717) is 17.2 Å². The fraction of sp³-hybridized carbons (Fsp3) is 0.160. The Bertz CT molecular complexity index is 1770. The summed E-state index contributed by atoms with van der Waals surface area (Å²) in [6.07, 6.45) is 14.2. The van der Waals surface area contributed by atoms with Gasteiger partial charge in [0, 0.05) is 35.6 Å². The maximum absolute atomic E-state index is 12.2. The molecule has 1 saturated carbocycles. The monoisotopic (exact) mass is 476 g/mol. The normalized spacial score (nSPS) is 13.5. The van der Waals surface area contributed by atoms with Crippen LogP contribution in [0, 0.1) is 12.8 Å². The van der Waals surface area contributed by atoms with Crippen molar-refractivity contribution >= 4 is 33.7 Å². The predicted molar refractivity (Wildman–Crippen MR) is 133 cm³/mol. The fourth-order valence-corrected chi connectivity index (χ4v) is 4.27. The summed E-state index contributed by atoms with van der Waals surface area (Å²) < 4.78 is 1.90. The van der Waals surface area contributed by atoms with Crippen molar-refractivity contribution in [1.29, 1.82) is 0 Å². The molecule has 36 heavy (non-hydrogen) atoms. The average Bonchev–Trinajstić information content (AvgIpc) is 3.30. The van der Waals surface area contributed by atoms with Gasteiger partial charge in [-0.1, -0.05) is 0 Å². The number of nitrogens with one attached hydrogen (secondary N) is 3. The van der Waals surface area contributed by atoms with Gasteiger partial charge in [0.1, 0.15) is 11.2 Å². The first-order chi connectivity index (χ1) is 17.6. The smallest absolute Gasteiger partial charge is 0.227 e. The van der Waals surface area contributed by atoms with Gasteiger partial charge in [-0.3, -0.25) is 19.9 Å². The van der Waals surface area contributed by atoms with E-state index in [1.54, 1.807) is 37.3 Å². The van der Waals surface area contributed by atoms with Crippen LogP contribution in [0.3, 0.4) is 0 Å². The van der Waals surface area contributed by atoms with Crippen LogP contribution >= 0.6 is 0 Å². The molecule has 11 nitrogen and oxygen atoms in total. The Labute approximate surface area is 204 Å². The van der Waals surface area contributed by atoms with E-state index < -0.39 is 0 Å². The molecule has 11 heteroatoms. The van der Waals surface area contributed by atoms with Crippen molar-refractivity contribution in [3.05, 3.63) is 61.3 Å². The molecule has 7 rings (SSSR count). The van der Waals surface area contributed by atoms with E-state index >= 15 is 0 Å². The molecule has 0 bridgehead atoms. The molecule has 0 radical (unpaired) electrons. The predicted octanol–water partition coefficient (Wildman–Crippen LogP) is 3.80. The molecule has 0 spiro atoms. The topological polar surface area (TPSA) is 143 Å². The first-order valence-electron chi connectivity index (χ1n) is 11.6. The molecule has 0 aliphatic heterocycles. The molecule has 1 aliphatic rings. The summed E-state index contributed by atoms with van der Waals surface area (Å²) in [4.78, 5) is 37.9. The number of aryl methyl sites for hydroxylation is 1. The molecule has 0 unspecified atom stereocenters. The summed E-state index contributed by atoms with van der Waals surface area (Å²) in [6.45, 7) is 1.94. The standard InChI is InChI=1S/C25H20N10O/c1-13-11-35(12-29-13)20-10-27-9-19-22(20)32-24(31-19)21-18-5-16(7-28-23(18)34-33-21)15-4-17(8-26-6-15)30-25(36)14-2-3-14/h4-12,14H,2-3H2,1H3,(H,30,36)(H,31,32)(H,28,33,34).